The van der Waals surface area contributed by atoms with E-state index in [-0.39, 0.29) is 10.8 Å². The molecule has 0 atom stereocenters. The van der Waals surface area contributed by atoms with E-state index in [9.17, 15) is 8.42 Å². The van der Waals surface area contributed by atoms with E-state index in [0.29, 0.717) is 0 Å². The average molecular weight is 222 g/mol. The van der Waals surface area contributed by atoms with Gasteiger partial charge in [-0.1, -0.05) is 30.3 Å². The highest BCUT2D eigenvalue weighted by atomic mass is 32.2. The predicted octanol–water partition coefficient (Wildman–Crippen LogP) is 2.25. The van der Waals surface area contributed by atoms with Crippen LogP contribution >= 0.6 is 0 Å². The maximum Gasteiger partial charge on any atom is 0.218 e. The van der Waals surface area contributed by atoms with Crippen LogP contribution in [0, 0.1) is 0 Å². The SMILES string of the molecule is O=S(=O)(Cc1ccccc1)c1ccco1. The summed E-state index contributed by atoms with van der Waals surface area (Å²) in [4.78, 5) is 0. The third-order valence-corrected chi connectivity index (χ3v) is 3.56. The standard InChI is InChI=1S/C11H10O3S/c12-15(13,11-7-4-8-14-11)9-10-5-2-1-3-6-10/h1-8H,9H2. The molecule has 2 rings (SSSR count). The minimum Gasteiger partial charge on any atom is -0.453 e. The number of rotatable bonds is 3. The molecule has 0 bridgehead atoms. The Morgan fingerprint density at radius 2 is 1.73 bits per heavy atom. The molecule has 0 aliphatic rings. The molecular weight excluding hydrogens is 212 g/mol. The van der Waals surface area contributed by atoms with Crippen LogP contribution in [0.3, 0.4) is 0 Å². The van der Waals surface area contributed by atoms with Gasteiger partial charge in [-0.15, -0.1) is 0 Å². The Hall–Kier alpha value is -1.55. The zero-order valence-corrected chi connectivity index (χ0v) is 8.78. The zero-order chi connectivity index (χ0) is 10.7. The largest absolute Gasteiger partial charge is 0.453 e. The Kier molecular flexibility index (Phi) is 2.60. The summed E-state index contributed by atoms with van der Waals surface area (Å²) in [7, 11) is -3.34. The molecule has 0 N–H and O–H groups in total. The molecule has 0 radical (unpaired) electrons. The summed E-state index contributed by atoms with van der Waals surface area (Å²) in [6.45, 7) is 0. The predicted molar refractivity (Wildman–Crippen MR) is 56.0 cm³/mol. The summed E-state index contributed by atoms with van der Waals surface area (Å²) < 4.78 is 28.4. The van der Waals surface area contributed by atoms with Crippen molar-refractivity contribution in [1.29, 1.82) is 0 Å². The van der Waals surface area contributed by atoms with Crippen molar-refractivity contribution in [3.05, 3.63) is 54.3 Å². The lowest BCUT2D eigenvalue weighted by Crippen LogP contribution is -2.03. The van der Waals surface area contributed by atoms with Crippen molar-refractivity contribution in [1.82, 2.24) is 0 Å². The Morgan fingerprint density at radius 3 is 2.33 bits per heavy atom. The van der Waals surface area contributed by atoms with Crippen LogP contribution in [-0.4, -0.2) is 8.42 Å². The van der Waals surface area contributed by atoms with Gasteiger partial charge in [-0.05, 0) is 17.7 Å². The fourth-order valence-corrected chi connectivity index (χ4v) is 2.57. The summed E-state index contributed by atoms with van der Waals surface area (Å²) in [6.07, 6.45) is 1.36. The van der Waals surface area contributed by atoms with Gasteiger partial charge in [0.15, 0.2) is 0 Å². The molecule has 1 heterocycles. The third-order valence-electron chi connectivity index (χ3n) is 2.00. The summed E-state index contributed by atoms with van der Waals surface area (Å²) in [5, 5.41) is 0.0198. The molecule has 4 heteroatoms. The minimum atomic E-state index is -3.34. The zero-order valence-electron chi connectivity index (χ0n) is 7.96. The Balaban J connectivity index is 2.27. The van der Waals surface area contributed by atoms with Crippen molar-refractivity contribution < 1.29 is 12.8 Å². The first kappa shape index (κ1) is 9.98. The van der Waals surface area contributed by atoms with Crippen LogP contribution in [0.5, 0.6) is 0 Å². The van der Waals surface area contributed by atoms with Crippen LogP contribution in [-0.2, 0) is 15.6 Å². The van der Waals surface area contributed by atoms with E-state index < -0.39 is 9.84 Å². The van der Waals surface area contributed by atoms with Gasteiger partial charge in [0.05, 0.1) is 12.0 Å². The van der Waals surface area contributed by atoms with Gasteiger partial charge in [-0.2, -0.15) is 0 Å². The van der Waals surface area contributed by atoms with Crippen molar-refractivity contribution in [3.63, 3.8) is 0 Å². The number of sulfone groups is 1. The molecule has 0 amide bonds. The quantitative estimate of drug-likeness (QED) is 0.800. The Labute approximate surface area is 88.3 Å². The van der Waals surface area contributed by atoms with E-state index in [0.717, 1.165) is 5.56 Å². The van der Waals surface area contributed by atoms with Crippen LogP contribution in [0.1, 0.15) is 5.56 Å². The highest BCUT2D eigenvalue weighted by Crippen LogP contribution is 2.16. The van der Waals surface area contributed by atoms with Crippen molar-refractivity contribution >= 4 is 9.84 Å². The van der Waals surface area contributed by atoms with Gasteiger partial charge >= 0.3 is 0 Å². The number of hydrogen-bond acceptors (Lipinski definition) is 3. The molecule has 1 aromatic carbocycles. The van der Waals surface area contributed by atoms with E-state index in [1.54, 1.807) is 18.2 Å². The molecule has 0 aliphatic carbocycles. The first-order chi connectivity index (χ1) is 7.18. The summed E-state index contributed by atoms with van der Waals surface area (Å²) in [5.41, 5.74) is 0.758. The van der Waals surface area contributed by atoms with Crippen LogP contribution in [0.2, 0.25) is 0 Å². The fraction of sp³-hybridized carbons (Fsp3) is 0.0909. The van der Waals surface area contributed by atoms with Crippen molar-refractivity contribution in [2.75, 3.05) is 0 Å². The second-order valence-corrected chi connectivity index (χ2v) is 5.10. The number of benzene rings is 1. The third kappa shape index (κ3) is 2.27. The highest BCUT2D eigenvalue weighted by molar-refractivity contribution is 7.90. The second kappa shape index (κ2) is 3.90. The Bertz CT molecular complexity index is 512. The monoisotopic (exact) mass is 222 g/mol. The van der Waals surface area contributed by atoms with Gasteiger partial charge in [-0.3, -0.25) is 0 Å². The van der Waals surface area contributed by atoms with E-state index in [1.165, 1.54) is 12.3 Å². The van der Waals surface area contributed by atoms with E-state index in [2.05, 4.69) is 0 Å². The summed E-state index contributed by atoms with van der Waals surface area (Å²) >= 11 is 0. The molecule has 0 saturated heterocycles. The summed E-state index contributed by atoms with van der Waals surface area (Å²) in [6, 6.07) is 12.1. The molecule has 1 aromatic heterocycles. The maximum atomic E-state index is 11.8. The normalized spacial score (nSPS) is 11.5. The molecule has 15 heavy (non-hydrogen) atoms. The lowest BCUT2D eigenvalue weighted by atomic mass is 10.2. The lowest BCUT2D eigenvalue weighted by molar-refractivity contribution is 0.450. The van der Waals surface area contributed by atoms with Gasteiger partial charge in [0.2, 0.25) is 14.9 Å². The molecule has 78 valence electrons. The van der Waals surface area contributed by atoms with Crippen LogP contribution in [0.4, 0.5) is 0 Å². The van der Waals surface area contributed by atoms with E-state index in [1.807, 2.05) is 18.2 Å². The molecule has 2 aromatic rings. The molecule has 0 saturated carbocycles. The van der Waals surface area contributed by atoms with Gasteiger partial charge in [0, 0.05) is 0 Å². The Morgan fingerprint density at radius 1 is 1.00 bits per heavy atom. The van der Waals surface area contributed by atoms with Gasteiger partial charge < -0.3 is 4.42 Å². The first-order valence-corrected chi connectivity index (χ1v) is 6.14. The van der Waals surface area contributed by atoms with Gasteiger partial charge in [0.1, 0.15) is 0 Å². The molecule has 3 nitrogen and oxygen atoms in total. The lowest BCUT2D eigenvalue weighted by Gasteiger charge is -2.00. The summed E-state index contributed by atoms with van der Waals surface area (Å²) in [5.74, 6) is -0.0264. The van der Waals surface area contributed by atoms with Gasteiger partial charge in [-0.25, -0.2) is 8.42 Å². The molecule has 0 spiro atoms. The number of hydrogen-bond donors (Lipinski definition) is 0. The van der Waals surface area contributed by atoms with Crippen molar-refractivity contribution in [2.45, 2.75) is 10.8 Å². The molecule has 0 unspecified atom stereocenters. The average Bonchev–Trinajstić information content (AvgIpc) is 2.71. The molecule has 0 fully saturated rings. The van der Waals surface area contributed by atoms with E-state index in [4.69, 9.17) is 4.42 Å². The highest BCUT2D eigenvalue weighted by Gasteiger charge is 2.17. The fourth-order valence-electron chi connectivity index (χ4n) is 1.31. The van der Waals surface area contributed by atoms with Crippen molar-refractivity contribution in [2.24, 2.45) is 0 Å². The topological polar surface area (TPSA) is 47.3 Å². The molecule has 0 aliphatic heterocycles. The molecular formula is C11H10O3S. The first-order valence-electron chi connectivity index (χ1n) is 4.49. The van der Waals surface area contributed by atoms with Crippen LogP contribution < -0.4 is 0 Å². The smallest absolute Gasteiger partial charge is 0.218 e. The van der Waals surface area contributed by atoms with E-state index >= 15 is 0 Å². The van der Waals surface area contributed by atoms with Crippen LogP contribution in [0.15, 0.2) is 58.2 Å². The minimum absolute atomic E-state index is 0.0198. The van der Waals surface area contributed by atoms with Crippen LogP contribution in [0.25, 0.3) is 0 Å². The van der Waals surface area contributed by atoms with Crippen molar-refractivity contribution in [3.8, 4) is 0 Å². The maximum absolute atomic E-state index is 11.8. The number of furan rings is 1. The van der Waals surface area contributed by atoms with Gasteiger partial charge in [0.25, 0.3) is 0 Å². The second-order valence-electron chi connectivity index (χ2n) is 3.18.